The Balaban J connectivity index is 2.23. The molecule has 0 aliphatic carbocycles. The summed E-state index contributed by atoms with van der Waals surface area (Å²) in [6.07, 6.45) is 3.65. The highest BCUT2D eigenvalue weighted by Gasteiger charge is 2.00. The quantitative estimate of drug-likeness (QED) is 0.771. The van der Waals surface area contributed by atoms with Crippen molar-refractivity contribution >= 4 is 17.7 Å². The maximum absolute atomic E-state index is 11.4. The first-order chi connectivity index (χ1) is 7.72. The second-order valence-corrected chi connectivity index (χ2v) is 4.84. The van der Waals surface area contributed by atoms with Gasteiger partial charge in [0.25, 0.3) is 0 Å². The normalized spacial score (nSPS) is 10.1. The van der Waals surface area contributed by atoms with Crippen LogP contribution in [0.15, 0.2) is 24.3 Å². The molecule has 0 aliphatic heterocycles. The first kappa shape index (κ1) is 13.1. The molecule has 0 fully saturated rings. The van der Waals surface area contributed by atoms with Gasteiger partial charge in [0, 0.05) is 13.0 Å². The maximum atomic E-state index is 11.4. The van der Waals surface area contributed by atoms with Gasteiger partial charge in [-0.25, -0.2) is 0 Å². The summed E-state index contributed by atoms with van der Waals surface area (Å²) in [7, 11) is 0. The largest absolute Gasteiger partial charge is 0.352 e. The van der Waals surface area contributed by atoms with Crippen LogP contribution < -0.4 is 5.32 Å². The third-order valence-electron chi connectivity index (χ3n) is 2.36. The van der Waals surface area contributed by atoms with Gasteiger partial charge in [-0.3, -0.25) is 4.79 Å². The van der Waals surface area contributed by atoms with Crippen LogP contribution in [0.2, 0.25) is 0 Å². The van der Waals surface area contributed by atoms with E-state index in [1.54, 1.807) is 11.8 Å². The summed E-state index contributed by atoms with van der Waals surface area (Å²) in [5, 5.41) is 2.93. The van der Waals surface area contributed by atoms with Crippen LogP contribution in [-0.4, -0.2) is 17.9 Å². The molecule has 0 heterocycles. The van der Waals surface area contributed by atoms with Crippen molar-refractivity contribution < 1.29 is 4.79 Å². The number of rotatable bonds is 6. The molecule has 0 saturated heterocycles. The second kappa shape index (κ2) is 7.34. The number of amides is 1. The molecule has 16 heavy (non-hydrogen) atoms. The summed E-state index contributed by atoms with van der Waals surface area (Å²) in [4.78, 5) is 11.4. The Morgan fingerprint density at radius 2 is 2.00 bits per heavy atom. The highest BCUT2D eigenvalue weighted by Crippen LogP contribution is 2.03. The monoisotopic (exact) mass is 237 g/mol. The minimum Gasteiger partial charge on any atom is -0.352 e. The molecule has 0 atom stereocenters. The number of hydrogen-bond donors (Lipinski definition) is 1. The minimum absolute atomic E-state index is 0.148. The zero-order valence-electron chi connectivity index (χ0n) is 9.95. The molecular weight excluding hydrogens is 218 g/mol. The lowest BCUT2D eigenvalue weighted by molar-refractivity contribution is -0.121. The number of thioether (sulfide) groups is 1. The number of aryl methyl sites for hydroxylation is 1. The molecule has 1 aromatic rings. The highest BCUT2D eigenvalue weighted by atomic mass is 32.2. The van der Waals surface area contributed by atoms with E-state index in [-0.39, 0.29) is 5.91 Å². The number of nitrogens with one attached hydrogen (secondary N) is 1. The van der Waals surface area contributed by atoms with Crippen molar-refractivity contribution in [3.05, 3.63) is 35.4 Å². The zero-order valence-corrected chi connectivity index (χ0v) is 10.8. The summed E-state index contributed by atoms with van der Waals surface area (Å²) >= 11 is 1.78. The van der Waals surface area contributed by atoms with Gasteiger partial charge in [-0.2, -0.15) is 11.8 Å². The Labute approximate surface area is 102 Å². The molecule has 3 heteroatoms. The van der Waals surface area contributed by atoms with Crippen LogP contribution in [0.3, 0.4) is 0 Å². The van der Waals surface area contributed by atoms with Crippen molar-refractivity contribution in [1.82, 2.24) is 5.32 Å². The van der Waals surface area contributed by atoms with Gasteiger partial charge in [0.05, 0.1) is 0 Å². The fourth-order valence-electron chi connectivity index (χ4n) is 1.37. The molecule has 2 nitrogen and oxygen atoms in total. The van der Waals surface area contributed by atoms with E-state index in [1.165, 1.54) is 5.56 Å². The van der Waals surface area contributed by atoms with Gasteiger partial charge < -0.3 is 5.32 Å². The Kier molecular flexibility index (Phi) is 6.01. The summed E-state index contributed by atoms with van der Waals surface area (Å²) in [6, 6.07) is 8.24. The standard InChI is InChI=1S/C13H19NOS/c1-11-5-7-12(8-6-11)10-14-13(15)4-3-9-16-2/h5-8H,3-4,9-10H2,1-2H3,(H,14,15). The molecule has 1 N–H and O–H groups in total. The Hall–Kier alpha value is -0.960. The third kappa shape index (κ3) is 5.21. The van der Waals surface area contributed by atoms with E-state index in [1.807, 2.05) is 0 Å². The summed E-state index contributed by atoms with van der Waals surface area (Å²) in [6.45, 7) is 2.70. The predicted molar refractivity (Wildman–Crippen MR) is 70.6 cm³/mol. The molecule has 0 aliphatic rings. The molecular formula is C13H19NOS. The van der Waals surface area contributed by atoms with E-state index in [9.17, 15) is 4.79 Å². The third-order valence-corrected chi connectivity index (χ3v) is 3.06. The van der Waals surface area contributed by atoms with E-state index in [2.05, 4.69) is 42.8 Å². The van der Waals surface area contributed by atoms with Gasteiger partial charge in [-0.05, 0) is 30.9 Å². The maximum Gasteiger partial charge on any atom is 0.220 e. The van der Waals surface area contributed by atoms with Gasteiger partial charge in [-0.1, -0.05) is 29.8 Å². The van der Waals surface area contributed by atoms with Gasteiger partial charge in [-0.15, -0.1) is 0 Å². The van der Waals surface area contributed by atoms with E-state index in [4.69, 9.17) is 0 Å². The van der Waals surface area contributed by atoms with Gasteiger partial charge in [0.2, 0.25) is 5.91 Å². The van der Waals surface area contributed by atoms with Crippen LogP contribution in [0.4, 0.5) is 0 Å². The van der Waals surface area contributed by atoms with Crippen LogP contribution in [-0.2, 0) is 11.3 Å². The minimum atomic E-state index is 0.148. The molecule has 0 radical (unpaired) electrons. The number of hydrogen-bond acceptors (Lipinski definition) is 2. The zero-order chi connectivity index (χ0) is 11.8. The Morgan fingerprint density at radius 1 is 1.31 bits per heavy atom. The van der Waals surface area contributed by atoms with Crippen molar-refractivity contribution in [2.24, 2.45) is 0 Å². The average Bonchev–Trinajstić information content (AvgIpc) is 2.29. The Bertz CT molecular complexity index is 321. The highest BCUT2D eigenvalue weighted by molar-refractivity contribution is 7.98. The lowest BCUT2D eigenvalue weighted by Crippen LogP contribution is -2.22. The van der Waals surface area contributed by atoms with Crippen LogP contribution in [0.1, 0.15) is 24.0 Å². The van der Waals surface area contributed by atoms with Crippen molar-refractivity contribution in [3.8, 4) is 0 Å². The predicted octanol–water partition coefficient (Wildman–Crippen LogP) is 2.75. The van der Waals surface area contributed by atoms with Gasteiger partial charge >= 0.3 is 0 Å². The Morgan fingerprint density at radius 3 is 2.62 bits per heavy atom. The van der Waals surface area contributed by atoms with E-state index < -0.39 is 0 Å². The molecule has 0 spiro atoms. The molecule has 0 saturated carbocycles. The fourth-order valence-corrected chi connectivity index (χ4v) is 1.81. The lowest BCUT2D eigenvalue weighted by Gasteiger charge is -2.05. The van der Waals surface area contributed by atoms with Crippen molar-refractivity contribution in [3.63, 3.8) is 0 Å². The molecule has 88 valence electrons. The first-order valence-electron chi connectivity index (χ1n) is 5.53. The smallest absolute Gasteiger partial charge is 0.220 e. The second-order valence-electron chi connectivity index (χ2n) is 3.86. The molecule has 1 rings (SSSR count). The topological polar surface area (TPSA) is 29.1 Å². The van der Waals surface area contributed by atoms with Crippen molar-refractivity contribution in [2.75, 3.05) is 12.0 Å². The van der Waals surface area contributed by atoms with Gasteiger partial charge in [0.15, 0.2) is 0 Å². The van der Waals surface area contributed by atoms with E-state index in [0.717, 1.165) is 17.7 Å². The fraction of sp³-hybridized carbons (Fsp3) is 0.462. The molecule has 1 amide bonds. The summed E-state index contributed by atoms with van der Waals surface area (Å²) in [5.41, 5.74) is 2.40. The lowest BCUT2D eigenvalue weighted by atomic mass is 10.1. The number of carbonyl (C=O) groups is 1. The van der Waals surface area contributed by atoms with E-state index in [0.29, 0.717) is 13.0 Å². The molecule has 0 aromatic heterocycles. The number of benzene rings is 1. The SMILES string of the molecule is CSCCCC(=O)NCc1ccc(C)cc1. The van der Waals surface area contributed by atoms with Crippen molar-refractivity contribution in [2.45, 2.75) is 26.3 Å². The van der Waals surface area contributed by atoms with Crippen molar-refractivity contribution in [1.29, 1.82) is 0 Å². The van der Waals surface area contributed by atoms with Crippen LogP contribution in [0.5, 0.6) is 0 Å². The summed E-state index contributed by atoms with van der Waals surface area (Å²) < 4.78 is 0. The van der Waals surface area contributed by atoms with Crippen LogP contribution in [0, 0.1) is 6.92 Å². The van der Waals surface area contributed by atoms with Crippen LogP contribution in [0.25, 0.3) is 0 Å². The average molecular weight is 237 g/mol. The summed E-state index contributed by atoms with van der Waals surface area (Å²) in [5.74, 6) is 1.20. The number of carbonyl (C=O) groups excluding carboxylic acids is 1. The van der Waals surface area contributed by atoms with Gasteiger partial charge in [0.1, 0.15) is 0 Å². The van der Waals surface area contributed by atoms with E-state index >= 15 is 0 Å². The molecule has 0 unspecified atom stereocenters. The van der Waals surface area contributed by atoms with Crippen LogP contribution >= 0.6 is 11.8 Å². The molecule has 0 bridgehead atoms. The first-order valence-corrected chi connectivity index (χ1v) is 6.93. The molecule has 1 aromatic carbocycles.